The molecule has 0 saturated heterocycles. The molecule has 3 aromatic carbocycles. The topological polar surface area (TPSA) is 3.24 Å². The van der Waals surface area contributed by atoms with Crippen LogP contribution >= 0.6 is 29.1 Å². The summed E-state index contributed by atoms with van der Waals surface area (Å²) in [6.45, 7) is -0.861. The van der Waals surface area contributed by atoms with Crippen molar-refractivity contribution >= 4 is 45.8 Å². The number of hydrogen-bond donors (Lipinski definition) is 0. The summed E-state index contributed by atoms with van der Waals surface area (Å²) in [4.78, 5) is 2.12. The monoisotopic (exact) mass is 377 g/mol. The average molecular weight is 378 g/mol. The minimum Gasteiger partial charge on any atom is -0.337 e. The van der Waals surface area contributed by atoms with E-state index in [9.17, 15) is 4.39 Å². The van der Waals surface area contributed by atoms with E-state index in [2.05, 4.69) is 4.90 Å². The maximum atomic E-state index is 13.8. The summed E-state index contributed by atoms with van der Waals surface area (Å²) in [6, 6.07) is 24.5. The molecule has 24 heavy (non-hydrogen) atoms. The van der Waals surface area contributed by atoms with E-state index in [1.54, 1.807) is 6.07 Å². The summed E-state index contributed by atoms with van der Waals surface area (Å²) in [5.41, 5.74) is 2.83. The van der Waals surface area contributed by atoms with Crippen molar-refractivity contribution in [3.05, 3.63) is 90.2 Å². The third-order valence-corrected chi connectivity index (χ3v) is 5.58. The summed E-state index contributed by atoms with van der Waals surface area (Å²) in [5, 5.41) is 0.784. The van der Waals surface area contributed by atoms with Crippen molar-refractivity contribution in [1.29, 1.82) is 0 Å². The highest BCUT2D eigenvalue weighted by Gasteiger charge is 2.16. The van der Waals surface area contributed by atoms with Gasteiger partial charge >= 0.3 is 0 Å². The maximum Gasteiger partial charge on any atom is 0.123 e. The Kier molecular flexibility index (Phi) is 5.73. The van der Waals surface area contributed by atoms with Gasteiger partial charge in [0.05, 0.1) is 0 Å². The standard InChI is InChI=1S/C19H15Cl2FNP/c20-24(21)19-12-11-16(22)13-15(19)14-23(17-7-3-1-4-8-17)18-9-5-2-6-10-18/h1-13H,14H2. The summed E-state index contributed by atoms with van der Waals surface area (Å²) < 4.78 is 13.8. The Hall–Kier alpha value is -1.60. The average Bonchev–Trinajstić information content (AvgIpc) is 2.61. The molecule has 0 bridgehead atoms. The highest BCUT2D eigenvalue weighted by molar-refractivity contribution is 8.08. The zero-order valence-electron chi connectivity index (χ0n) is 12.7. The fraction of sp³-hybridized carbons (Fsp3) is 0.0526. The lowest BCUT2D eigenvalue weighted by Gasteiger charge is -2.26. The molecule has 0 fully saturated rings. The van der Waals surface area contributed by atoms with E-state index in [0.29, 0.717) is 6.54 Å². The molecule has 0 aromatic heterocycles. The molecule has 0 atom stereocenters. The third kappa shape index (κ3) is 4.08. The van der Waals surface area contributed by atoms with Crippen LogP contribution in [0.5, 0.6) is 0 Å². The Balaban J connectivity index is 2.04. The van der Waals surface area contributed by atoms with Gasteiger partial charge in [0.1, 0.15) is 12.4 Å². The second kappa shape index (κ2) is 7.98. The normalized spacial score (nSPS) is 10.8. The van der Waals surface area contributed by atoms with Gasteiger partial charge in [-0.3, -0.25) is 0 Å². The van der Waals surface area contributed by atoms with E-state index >= 15 is 0 Å². The van der Waals surface area contributed by atoms with Gasteiger partial charge in [-0.2, -0.15) is 0 Å². The van der Waals surface area contributed by atoms with Gasteiger partial charge in [-0.1, -0.05) is 58.9 Å². The van der Waals surface area contributed by atoms with Gasteiger partial charge in [-0.15, -0.1) is 0 Å². The van der Waals surface area contributed by atoms with Crippen molar-refractivity contribution in [3.8, 4) is 0 Å². The molecular formula is C19H15Cl2FNP. The van der Waals surface area contributed by atoms with Gasteiger partial charge < -0.3 is 4.90 Å². The van der Waals surface area contributed by atoms with Crippen molar-refractivity contribution in [2.45, 2.75) is 6.54 Å². The number of hydrogen-bond acceptors (Lipinski definition) is 1. The van der Waals surface area contributed by atoms with Gasteiger partial charge in [-0.25, -0.2) is 4.39 Å². The Morgan fingerprint density at radius 3 is 1.83 bits per heavy atom. The van der Waals surface area contributed by atoms with Crippen LogP contribution in [0.3, 0.4) is 0 Å². The number of para-hydroxylation sites is 2. The van der Waals surface area contributed by atoms with Crippen LogP contribution in [0, 0.1) is 5.82 Å². The highest BCUT2D eigenvalue weighted by Crippen LogP contribution is 2.46. The second-order valence-electron chi connectivity index (χ2n) is 5.26. The van der Waals surface area contributed by atoms with Crippen LogP contribution in [0.2, 0.25) is 0 Å². The predicted octanol–water partition coefficient (Wildman–Crippen LogP) is 6.58. The minimum absolute atomic E-state index is 0.292. The van der Waals surface area contributed by atoms with Crippen LogP contribution in [0.4, 0.5) is 15.8 Å². The third-order valence-electron chi connectivity index (χ3n) is 3.69. The van der Waals surface area contributed by atoms with Crippen molar-refractivity contribution in [3.63, 3.8) is 0 Å². The van der Waals surface area contributed by atoms with Crippen molar-refractivity contribution in [2.75, 3.05) is 4.90 Å². The van der Waals surface area contributed by atoms with E-state index in [1.807, 2.05) is 60.7 Å². The van der Waals surface area contributed by atoms with E-state index in [-0.39, 0.29) is 5.82 Å². The van der Waals surface area contributed by atoms with Crippen LogP contribution in [0.1, 0.15) is 5.56 Å². The molecule has 3 rings (SSSR count). The van der Waals surface area contributed by atoms with Gasteiger partial charge in [0.15, 0.2) is 0 Å². The largest absolute Gasteiger partial charge is 0.337 e. The van der Waals surface area contributed by atoms with E-state index in [4.69, 9.17) is 22.5 Å². The molecule has 3 aromatic rings. The lowest BCUT2D eigenvalue weighted by Crippen LogP contribution is -2.20. The summed E-state index contributed by atoms with van der Waals surface area (Å²) in [5.74, 6) is -0.292. The quantitative estimate of drug-likeness (QED) is 0.454. The molecule has 0 heterocycles. The fourth-order valence-corrected chi connectivity index (χ4v) is 4.09. The molecule has 0 radical (unpaired) electrons. The minimum atomic E-state index is -1.35. The van der Waals surface area contributed by atoms with Crippen molar-refractivity contribution < 1.29 is 4.39 Å². The maximum absolute atomic E-state index is 13.8. The molecule has 1 nitrogen and oxygen atoms in total. The molecule has 0 aliphatic heterocycles. The predicted molar refractivity (Wildman–Crippen MR) is 103 cm³/mol. The van der Waals surface area contributed by atoms with Crippen molar-refractivity contribution in [2.24, 2.45) is 0 Å². The number of halogens is 3. The smallest absolute Gasteiger partial charge is 0.123 e. The van der Waals surface area contributed by atoms with E-state index in [1.165, 1.54) is 12.1 Å². The van der Waals surface area contributed by atoms with Gasteiger partial charge in [0.2, 0.25) is 0 Å². The van der Waals surface area contributed by atoms with Gasteiger partial charge in [-0.05, 0) is 48.0 Å². The Morgan fingerprint density at radius 2 is 1.33 bits per heavy atom. The molecule has 122 valence electrons. The SMILES string of the molecule is Fc1ccc(P(Cl)Cl)c(CN(c2ccccc2)c2ccccc2)c1. The number of rotatable bonds is 5. The Labute approximate surface area is 152 Å². The molecule has 0 aliphatic rings. The lowest BCUT2D eigenvalue weighted by molar-refractivity contribution is 0.626. The number of nitrogens with zero attached hydrogens (tertiary/aromatic N) is 1. The molecular weight excluding hydrogens is 363 g/mol. The molecule has 0 amide bonds. The highest BCUT2D eigenvalue weighted by atomic mass is 35.9. The van der Waals surface area contributed by atoms with Gasteiger partial charge in [0, 0.05) is 23.2 Å². The second-order valence-corrected chi connectivity index (χ2v) is 8.76. The Bertz CT molecular complexity index is 757. The lowest BCUT2D eigenvalue weighted by atomic mass is 10.1. The van der Waals surface area contributed by atoms with Crippen LogP contribution in [-0.4, -0.2) is 0 Å². The first-order valence-corrected chi connectivity index (χ1v) is 10.6. The van der Waals surface area contributed by atoms with E-state index in [0.717, 1.165) is 22.2 Å². The summed E-state index contributed by atoms with van der Waals surface area (Å²) >= 11 is 12.3. The molecule has 0 aliphatic carbocycles. The fourth-order valence-electron chi connectivity index (χ4n) is 2.56. The van der Waals surface area contributed by atoms with Crippen LogP contribution in [0.15, 0.2) is 78.9 Å². The Morgan fingerprint density at radius 1 is 0.792 bits per heavy atom. The van der Waals surface area contributed by atoms with Crippen LogP contribution < -0.4 is 10.2 Å². The first kappa shape index (κ1) is 17.2. The number of anilines is 2. The molecule has 0 unspecified atom stereocenters. The zero-order valence-corrected chi connectivity index (χ0v) is 15.1. The molecule has 5 heteroatoms. The van der Waals surface area contributed by atoms with E-state index < -0.39 is 6.63 Å². The van der Waals surface area contributed by atoms with Gasteiger partial charge in [0.25, 0.3) is 0 Å². The summed E-state index contributed by atoms with van der Waals surface area (Å²) in [7, 11) is 0. The molecule has 0 spiro atoms. The first-order chi connectivity index (χ1) is 11.6. The zero-order chi connectivity index (χ0) is 16.9. The summed E-state index contributed by atoms with van der Waals surface area (Å²) in [6.07, 6.45) is 0. The van der Waals surface area contributed by atoms with Crippen molar-refractivity contribution in [1.82, 2.24) is 0 Å². The number of benzene rings is 3. The first-order valence-electron chi connectivity index (χ1n) is 7.43. The molecule has 0 N–H and O–H groups in total. The van der Waals surface area contributed by atoms with Crippen LogP contribution in [-0.2, 0) is 6.54 Å². The molecule has 0 saturated carbocycles. The van der Waals surface area contributed by atoms with Crippen LogP contribution in [0.25, 0.3) is 0 Å².